The number of rotatable bonds is 1. The number of aromatic nitrogens is 1. The van der Waals surface area contributed by atoms with Gasteiger partial charge in [-0.15, -0.1) is 0 Å². The molecule has 0 bridgehead atoms. The van der Waals surface area contributed by atoms with E-state index in [4.69, 9.17) is 17.4 Å². The second-order valence-corrected chi connectivity index (χ2v) is 2.87. The Balaban J connectivity index is 3.09. The van der Waals surface area contributed by atoms with E-state index in [1.54, 1.807) is 12.3 Å². The summed E-state index contributed by atoms with van der Waals surface area (Å²) in [5.74, 6) is 5.15. The summed E-state index contributed by atoms with van der Waals surface area (Å²) in [6.45, 7) is 0. The van der Waals surface area contributed by atoms with E-state index >= 15 is 0 Å². The first-order chi connectivity index (χ1) is 4.74. The maximum atomic E-state index is 5.57. The Morgan fingerprint density at radius 2 is 2.40 bits per heavy atom. The topological polar surface area (TPSA) is 50.9 Å². The molecule has 1 aromatic heterocycles. The van der Waals surface area contributed by atoms with Gasteiger partial charge in [-0.25, -0.2) is 4.98 Å². The fraction of sp³-hybridized carbons (Fsp3) is 0. The predicted octanol–water partition coefficient (Wildman–Crippen LogP) is 1.78. The molecule has 1 aromatic rings. The van der Waals surface area contributed by atoms with Crippen LogP contribution in [0.15, 0.2) is 16.7 Å². The highest BCUT2D eigenvalue weighted by Gasteiger charge is 1.97. The van der Waals surface area contributed by atoms with Crippen molar-refractivity contribution in [3.8, 4) is 0 Å². The van der Waals surface area contributed by atoms with Crippen LogP contribution in [0.5, 0.6) is 0 Å². The Hall–Kier alpha value is -0.320. The third kappa shape index (κ3) is 1.59. The molecule has 0 aliphatic rings. The molecular weight excluding hydrogens is 217 g/mol. The van der Waals surface area contributed by atoms with Crippen LogP contribution in [0.4, 0.5) is 5.69 Å². The molecule has 54 valence electrons. The standard InChI is InChI=1S/C5H5BrClN3/c6-3-2-9-5(7)1-4(3)10-8/h1-2H,8H2,(H,9,10). The summed E-state index contributed by atoms with van der Waals surface area (Å²) in [6.07, 6.45) is 1.58. The molecule has 10 heavy (non-hydrogen) atoms. The van der Waals surface area contributed by atoms with Crippen molar-refractivity contribution < 1.29 is 0 Å². The minimum atomic E-state index is 0.413. The predicted molar refractivity (Wildman–Crippen MR) is 44.8 cm³/mol. The minimum Gasteiger partial charge on any atom is -0.323 e. The molecule has 0 aromatic carbocycles. The van der Waals surface area contributed by atoms with Crippen LogP contribution >= 0.6 is 27.5 Å². The molecule has 1 rings (SSSR count). The van der Waals surface area contributed by atoms with E-state index in [0.29, 0.717) is 5.15 Å². The second-order valence-electron chi connectivity index (χ2n) is 1.63. The smallest absolute Gasteiger partial charge is 0.131 e. The molecule has 0 radical (unpaired) electrons. The number of nitrogen functional groups attached to an aromatic ring is 1. The summed E-state index contributed by atoms with van der Waals surface area (Å²) < 4.78 is 0.791. The first-order valence-corrected chi connectivity index (χ1v) is 3.69. The van der Waals surface area contributed by atoms with Gasteiger partial charge < -0.3 is 5.43 Å². The zero-order chi connectivity index (χ0) is 7.56. The van der Waals surface area contributed by atoms with Crippen LogP contribution in [-0.4, -0.2) is 4.98 Å². The number of pyridine rings is 1. The number of anilines is 1. The van der Waals surface area contributed by atoms with Gasteiger partial charge in [-0.1, -0.05) is 11.6 Å². The Morgan fingerprint density at radius 3 is 2.90 bits per heavy atom. The average molecular weight is 222 g/mol. The fourth-order valence-electron chi connectivity index (χ4n) is 0.524. The molecule has 3 nitrogen and oxygen atoms in total. The number of nitrogens with one attached hydrogen (secondary N) is 1. The van der Waals surface area contributed by atoms with E-state index in [0.717, 1.165) is 10.2 Å². The lowest BCUT2D eigenvalue weighted by Gasteiger charge is -2.01. The van der Waals surface area contributed by atoms with Crippen LogP contribution in [0, 0.1) is 0 Å². The van der Waals surface area contributed by atoms with Gasteiger partial charge in [0.2, 0.25) is 0 Å². The van der Waals surface area contributed by atoms with Crippen molar-refractivity contribution >= 4 is 33.2 Å². The molecular formula is C5H5BrClN3. The van der Waals surface area contributed by atoms with Crippen LogP contribution in [0.1, 0.15) is 0 Å². The van der Waals surface area contributed by atoms with E-state index in [9.17, 15) is 0 Å². The Bertz CT molecular complexity index is 240. The van der Waals surface area contributed by atoms with Crippen LogP contribution < -0.4 is 11.3 Å². The van der Waals surface area contributed by atoms with E-state index < -0.39 is 0 Å². The van der Waals surface area contributed by atoms with Gasteiger partial charge in [0.15, 0.2) is 0 Å². The highest BCUT2D eigenvalue weighted by Crippen LogP contribution is 2.22. The SMILES string of the molecule is NNc1cc(Cl)ncc1Br. The van der Waals surface area contributed by atoms with Gasteiger partial charge >= 0.3 is 0 Å². The normalized spacial score (nSPS) is 9.50. The molecule has 0 amide bonds. The first-order valence-electron chi connectivity index (χ1n) is 2.51. The molecule has 3 N–H and O–H groups in total. The first kappa shape index (κ1) is 7.78. The molecule has 5 heteroatoms. The Morgan fingerprint density at radius 1 is 1.70 bits per heavy atom. The van der Waals surface area contributed by atoms with E-state index in [2.05, 4.69) is 26.3 Å². The summed E-state index contributed by atoms with van der Waals surface area (Å²) in [5.41, 5.74) is 3.19. The Labute approximate surface area is 71.7 Å². The van der Waals surface area contributed by atoms with Crippen molar-refractivity contribution in [2.75, 3.05) is 5.43 Å². The lowest BCUT2D eigenvalue weighted by Crippen LogP contribution is -2.07. The van der Waals surface area contributed by atoms with Gasteiger partial charge in [-0.05, 0) is 15.9 Å². The van der Waals surface area contributed by atoms with Crippen LogP contribution in [0.2, 0.25) is 5.15 Å². The van der Waals surface area contributed by atoms with Crippen molar-refractivity contribution in [2.24, 2.45) is 5.84 Å². The quantitative estimate of drug-likeness (QED) is 0.433. The molecule has 1 heterocycles. The zero-order valence-corrected chi connectivity index (χ0v) is 7.28. The highest BCUT2D eigenvalue weighted by atomic mass is 79.9. The molecule has 0 aliphatic carbocycles. The third-order valence-corrected chi connectivity index (χ3v) is 1.82. The summed E-state index contributed by atoms with van der Waals surface area (Å²) in [5, 5.41) is 0.413. The van der Waals surface area contributed by atoms with Crippen molar-refractivity contribution in [2.45, 2.75) is 0 Å². The van der Waals surface area contributed by atoms with Crippen LogP contribution in [0.3, 0.4) is 0 Å². The number of nitrogens with two attached hydrogens (primary N) is 1. The number of hydrazine groups is 1. The maximum Gasteiger partial charge on any atom is 0.131 e. The summed E-state index contributed by atoms with van der Waals surface area (Å²) in [7, 11) is 0. The zero-order valence-electron chi connectivity index (χ0n) is 4.94. The number of halogens is 2. The average Bonchev–Trinajstić information content (AvgIpc) is 1.94. The van der Waals surface area contributed by atoms with E-state index in [1.165, 1.54) is 0 Å². The summed E-state index contributed by atoms with van der Waals surface area (Å²) in [6, 6.07) is 1.63. The van der Waals surface area contributed by atoms with Crippen molar-refractivity contribution in [3.05, 3.63) is 21.9 Å². The van der Waals surface area contributed by atoms with Gasteiger partial charge in [0.1, 0.15) is 5.15 Å². The van der Waals surface area contributed by atoms with Gasteiger partial charge in [-0.3, -0.25) is 5.84 Å². The van der Waals surface area contributed by atoms with Crippen molar-refractivity contribution in [1.82, 2.24) is 4.98 Å². The van der Waals surface area contributed by atoms with E-state index in [1.807, 2.05) is 0 Å². The summed E-state index contributed by atoms with van der Waals surface area (Å²) in [4.78, 5) is 3.81. The lowest BCUT2D eigenvalue weighted by atomic mass is 10.4. The minimum absolute atomic E-state index is 0.413. The van der Waals surface area contributed by atoms with Gasteiger partial charge in [-0.2, -0.15) is 0 Å². The number of nitrogens with zero attached hydrogens (tertiary/aromatic N) is 1. The number of hydrogen-bond acceptors (Lipinski definition) is 3. The van der Waals surface area contributed by atoms with Crippen LogP contribution in [0.25, 0.3) is 0 Å². The fourth-order valence-corrected chi connectivity index (χ4v) is 1.01. The van der Waals surface area contributed by atoms with Crippen molar-refractivity contribution in [1.29, 1.82) is 0 Å². The monoisotopic (exact) mass is 221 g/mol. The lowest BCUT2D eigenvalue weighted by molar-refractivity contribution is 1.26. The van der Waals surface area contributed by atoms with Gasteiger partial charge in [0.05, 0.1) is 10.2 Å². The molecule has 0 saturated heterocycles. The molecule has 0 aliphatic heterocycles. The Kier molecular flexibility index (Phi) is 2.48. The molecule has 0 atom stereocenters. The molecule has 0 saturated carbocycles. The maximum absolute atomic E-state index is 5.57. The molecule has 0 spiro atoms. The number of hydrogen-bond donors (Lipinski definition) is 2. The summed E-state index contributed by atoms with van der Waals surface area (Å²) >= 11 is 8.80. The molecule has 0 unspecified atom stereocenters. The third-order valence-electron chi connectivity index (χ3n) is 0.977. The largest absolute Gasteiger partial charge is 0.323 e. The van der Waals surface area contributed by atoms with Crippen molar-refractivity contribution in [3.63, 3.8) is 0 Å². The second kappa shape index (κ2) is 3.18. The van der Waals surface area contributed by atoms with Crippen LogP contribution in [-0.2, 0) is 0 Å². The van der Waals surface area contributed by atoms with E-state index in [-0.39, 0.29) is 0 Å². The molecule has 0 fully saturated rings. The highest BCUT2D eigenvalue weighted by molar-refractivity contribution is 9.10. The van der Waals surface area contributed by atoms with Gasteiger partial charge in [0, 0.05) is 12.3 Å². The van der Waals surface area contributed by atoms with Gasteiger partial charge in [0.25, 0.3) is 0 Å².